The van der Waals surface area contributed by atoms with Crippen LogP contribution in [0.15, 0.2) is 82.8 Å². The summed E-state index contributed by atoms with van der Waals surface area (Å²) in [4.78, 5) is 23.2. The minimum Gasteiger partial charge on any atom is -0.478 e. The Labute approximate surface area is 208 Å². The van der Waals surface area contributed by atoms with Crippen molar-refractivity contribution in [3.8, 4) is 0 Å². The number of benzene rings is 3. The van der Waals surface area contributed by atoms with Crippen LogP contribution < -0.4 is 9.73 Å². The van der Waals surface area contributed by atoms with E-state index in [4.69, 9.17) is 16.7 Å². The summed E-state index contributed by atoms with van der Waals surface area (Å²) < 4.78 is 66.9. The SMILES string of the molecule is O=C(CN(c1cc(C(F)(F)F)ccc1Cl)S(=O)(=O)c1ccccc1)N/N=C\c1ccc(C(=O)O)cc1. The van der Waals surface area contributed by atoms with Crippen LogP contribution in [0.1, 0.15) is 21.5 Å². The lowest BCUT2D eigenvalue weighted by Crippen LogP contribution is -2.40. The molecule has 2 N–H and O–H groups in total. The number of carboxylic acids is 1. The molecule has 0 fully saturated rings. The molecule has 0 bridgehead atoms. The van der Waals surface area contributed by atoms with Crippen molar-refractivity contribution >= 4 is 45.4 Å². The molecule has 1 amide bonds. The highest BCUT2D eigenvalue weighted by Gasteiger charge is 2.34. The van der Waals surface area contributed by atoms with Crippen molar-refractivity contribution < 1.29 is 36.3 Å². The zero-order valence-corrected chi connectivity index (χ0v) is 19.7. The van der Waals surface area contributed by atoms with Gasteiger partial charge < -0.3 is 5.11 Å². The Morgan fingerprint density at radius 1 is 1.03 bits per heavy atom. The summed E-state index contributed by atoms with van der Waals surface area (Å²) in [6, 6.07) is 14.4. The van der Waals surface area contributed by atoms with Gasteiger partial charge in [-0.1, -0.05) is 41.9 Å². The normalized spacial score (nSPS) is 11.9. The molecule has 3 rings (SSSR count). The number of hydrogen-bond donors (Lipinski definition) is 2. The maximum absolute atomic E-state index is 13.3. The largest absolute Gasteiger partial charge is 0.478 e. The fraction of sp³-hybridized carbons (Fsp3) is 0.0870. The number of sulfonamides is 1. The molecule has 0 radical (unpaired) electrons. The number of nitrogens with zero attached hydrogens (tertiary/aromatic N) is 2. The van der Waals surface area contributed by atoms with Crippen molar-refractivity contribution in [3.63, 3.8) is 0 Å². The molecule has 13 heteroatoms. The molecule has 3 aromatic carbocycles. The number of rotatable bonds is 8. The molecule has 0 aliphatic carbocycles. The highest BCUT2D eigenvalue weighted by Crippen LogP contribution is 2.37. The van der Waals surface area contributed by atoms with Crippen molar-refractivity contribution in [2.75, 3.05) is 10.8 Å². The zero-order chi connectivity index (χ0) is 26.5. The molecule has 188 valence electrons. The van der Waals surface area contributed by atoms with Crippen LogP contribution in [0.25, 0.3) is 0 Å². The topological polar surface area (TPSA) is 116 Å². The smallest absolute Gasteiger partial charge is 0.416 e. The molecule has 0 heterocycles. The summed E-state index contributed by atoms with van der Waals surface area (Å²) >= 11 is 6.06. The molecule has 0 saturated carbocycles. The molecule has 8 nitrogen and oxygen atoms in total. The van der Waals surface area contributed by atoms with E-state index < -0.39 is 45.9 Å². The highest BCUT2D eigenvalue weighted by molar-refractivity contribution is 7.92. The van der Waals surface area contributed by atoms with Crippen molar-refractivity contribution in [2.45, 2.75) is 11.1 Å². The Kier molecular flexibility index (Phi) is 8.00. The second-order valence-corrected chi connectivity index (χ2v) is 9.48. The summed E-state index contributed by atoms with van der Waals surface area (Å²) in [6.07, 6.45) is -3.61. The Bertz CT molecular complexity index is 1400. The van der Waals surface area contributed by atoms with Crippen LogP contribution in [0.4, 0.5) is 18.9 Å². The Morgan fingerprint density at radius 2 is 1.67 bits per heavy atom. The summed E-state index contributed by atoms with van der Waals surface area (Å²) in [7, 11) is -4.51. The maximum Gasteiger partial charge on any atom is 0.416 e. The number of alkyl halides is 3. The molecular formula is C23H17ClF3N3O5S. The first kappa shape index (κ1) is 26.7. The van der Waals surface area contributed by atoms with E-state index in [0.717, 1.165) is 6.07 Å². The van der Waals surface area contributed by atoms with E-state index in [1.165, 1.54) is 54.7 Å². The van der Waals surface area contributed by atoms with Gasteiger partial charge in [0.15, 0.2) is 0 Å². The number of aromatic carboxylic acids is 1. The highest BCUT2D eigenvalue weighted by atomic mass is 35.5. The van der Waals surface area contributed by atoms with E-state index >= 15 is 0 Å². The zero-order valence-electron chi connectivity index (χ0n) is 18.1. The summed E-state index contributed by atoms with van der Waals surface area (Å²) in [5.41, 5.74) is 0.866. The second-order valence-electron chi connectivity index (χ2n) is 7.21. The predicted octanol–water partition coefficient (Wildman–Crippen LogP) is 4.40. The average molecular weight is 540 g/mol. The lowest BCUT2D eigenvalue weighted by Gasteiger charge is -2.25. The molecule has 0 saturated heterocycles. The quantitative estimate of drug-likeness (QED) is 0.325. The van der Waals surface area contributed by atoms with E-state index in [1.807, 2.05) is 0 Å². The monoisotopic (exact) mass is 539 g/mol. The number of halogens is 4. The molecule has 0 aliphatic rings. The number of hydrogen-bond acceptors (Lipinski definition) is 5. The van der Waals surface area contributed by atoms with Crippen molar-refractivity contribution in [1.29, 1.82) is 0 Å². The van der Waals surface area contributed by atoms with Gasteiger partial charge in [0.2, 0.25) is 0 Å². The number of nitrogens with one attached hydrogen (secondary N) is 1. The van der Waals surface area contributed by atoms with Crippen molar-refractivity contribution in [2.24, 2.45) is 5.10 Å². The van der Waals surface area contributed by atoms with Crippen LogP contribution in [0.2, 0.25) is 5.02 Å². The Hall–Kier alpha value is -3.90. The summed E-state index contributed by atoms with van der Waals surface area (Å²) in [5.74, 6) is -2.10. The molecule has 0 aliphatic heterocycles. The van der Waals surface area contributed by atoms with Crippen molar-refractivity contribution in [3.05, 3.63) is 94.5 Å². The van der Waals surface area contributed by atoms with E-state index in [9.17, 15) is 31.2 Å². The lowest BCUT2D eigenvalue weighted by molar-refractivity contribution is -0.137. The first-order chi connectivity index (χ1) is 16.9. The third-order valence-electron chi connectivity index (χ3n) is 4.72. The first-order valence-electron chi connectivity index (χ1n) is 9.99. The van der Waals surface area contributed by atoms with Crippen molar-refractivity contribution in [1.82, 2.24) is 5.43 Å². The van der Waals surface area contributed by atoms with Crippen LogP contribution >= 0.6 is 11.6 Å². The number of carboxylic acid groups (broad SMARTS) is 1. The van der Waals surface area contributed by atoms with E-state index in [2.05, 4.69) is 10.5 Å². The molecule has 0 atom stereocenters. The lowest BCUT2D eigenvalue weighted by atomic mass is 10.1. The summed E-state index contributed by atoms with van der Waals surface area (Å²) in [5, 5.41) is 12.3. The molecule has 0 unspecified atom stereocenters. The number of hydrazone groups is 1. The first-order valence-corrected chi connectivity index (χ1v) is 11.8. The fourth-order valence-corrected chi connectivity index (χ4v) is 4.68. The predicted molar refractivity (Wildman–Crippen MR) is 127 cm³/mol. The van der Waals surface area contributed by atoms with Crippen LogP contribution in [0.5, 0.6) is 0 Å². The van der Waals surface area contributed by atoms with Gasteiger partial charge >= 0.3 is 12.1 Å². The van der Waals surface area contributed by atoms with Gasteiger partial charge in [0, 0.05) is 0 Å². The third-order valence-corrected chi connectivity index (χ3v) is 6.81. The number of carbonyl (C=O) groups excluding carboxylic acids is 1. The van der Waals surface area contributed by atoms with Crippen LogP contribution in [0, 0.1) is 0 Å². The van der Waals surface area contributed by atoms with Crippen LogP contribution in [-0.2, 0) is 21.0 Å². The number of carbonyl (C=O) groups is 2. The van der Waals surface area contributed by atoms with Gasteiger partial charge in [-0.15, -0.1) is 0 Å². The standard InChI is InChI=1S/C23H17ClF3N3O5S/c24-19-11-10-17(23(25,26)27)12-20(19)30(36(34,35)18-4-2-1-3-5-18)14-21(31)29-28-13-15-6-8-16(9-7-15)22(32)33/h1-13H,14H2,(H,29,31)(H,32,33)/b28-13-. The molecule has 0 aromatic heterocycles. The minimum atomic E-state index is -4.79. The van der Waals surface area contributed by atoms with E-state index in [1.54, 1.807) is 6.07 Å². The van der Waals surface area contributed by atoms with Gasteiger partial charge in [-0.25, -0.2) is 18.6 Å². The number of amides is 1. The van der Waals surface area contributed by atoms with Gasteiger partial charge in [-0.05, 0) is 48.0 Å². The van der Waals surface area contributed by atoms with Gasteiger partial charge in [-0.3, -0.25) is 9.10 Å². The second kappa shape index (κ2) is 10.8. The van der Waals surface area contributed by atoms with Crippen LogP contribution in [-0.4, -0.2) is 38.2 Å². The Morgan fingerprint density at radius 3 is 2.25 bits per heavy atom. The molecular weight excluding hydrogens is 523 g/mol. The maximum atomic E-state index is 13.3. The fourth-order valence-electron chi connectivity index (χ4n) is 2.96. The van der Waals surface area contributed by atoms with Crippen LogP contribution in [0.3, 0.4) is 0 Å². The van der Waals surface area contributed by atoms with E-state index in [0.29, 0.717) is 22.0 Å². The van der Waals surface area contributed by atoms with Gasteiger partial charge in [-0.2, -0.15) is 18.3 Å². The Balaban J connectivity index is 1.91. The number of anilines is 1. The summed E-state index contributed by atoms with van der Waals surface area (Å²) in [6.45, 7) is -0.937. The average Bonchev–Trinajstić information content (AvgIpc) is 2.83. The molecule has 36 heavy (non-hydrogen) atoms. The van der Waals surface area contributed by atoms with Gasteiger partial charge in [0.1, 0.15) is 6.54 Å². The minimum absolute atomic E-state index is 0.0379. The van der Waals surface area contributed by atoms with Gasteiger partial charge in [0.05, 0.1) is 32.9 Å². The van der Waals surface area contributed by atoms with E-state index in [-0.39, 0.29) is 15.5 Å². The molecule has 3 aromatic rings. The van der Waals surface area contributed by atoms with Gasteiger partial charge in [0.25, 0.3) is 15.9 Å². The molecule has 0 spiro atoms. The third kappa shape index (κ3) is 6.40.